The first kappa shape index (κ1) is 18.0. The predicted molar refractivity (Wildman–Crippen MR) is 101 cm³/mol. The Morgan fingerprint density at radius 1 is 1.24 bits per heavy atom. The van der Waals surface area contributed by atoms with Gasteiger partial charge in [-0.05, 0) is 45.0 Å². The van der Waals surface area contributed by atoms with Gasteiger partial charge in [-0.3, -0.25) is 4.98 Å². The van der Waals surface area contributed by atoms with Crippen molar-refractivity contribution in [1.82, 2.24) is 9.88 Å². The number of benzene rings is 1. The fourth-order valence-corrected chi connectivity index (χ4v) is 3.22. The van der Waals surface area contributed by atoms with Crippen LogP contribution >= 0.6 is 15.9 Å². The average Bonchev–Trinajstić information content (AvgIpc) is 2.54. The molecule has 1 aromatic heterocycles. The molecule has 1 saturated heterocycles. The third-order valence-corrected chi connectivity index (χ3v) is 4.54. The van der Waals surface area contributed by atoms with Crippen molar-refractivity contribution in [3.05, 3.63) is 34.9 Å². The topological polar surface area (TPSA) is 51.7 Å². The molecule has 0 N–H and O–H groups in total. The Balaban J connectivity index is 1.63. The van der Waals surface area contributed by atoms with Crippen LogP contribution in [0.25, 0.3) is 10.9 Å². The van der Waals surface area contributed by atoms with Crippen LogP contribution in [0.2, 0.25) is 0 Å². The summed E-state index contributed by atoms with van der Waals surface area (Å²) in [7, 11) is 0. The van der Waals surface area contributed by atoms with E-state index in [1.807, 2.05) is 45.0 Å². The molecule has 0 saturated carbocycles. The summed E-state index contributed by atoms with van der Waals surface area (Å²) in [5.74, 6) is 0.835. The number of amides is 1. The molecule has 3 rings (SSSR count). The summed E-state index contributed by atoms with van der Waals surface area (Å²) < 4.78 is 12.6. The highest BCUT2D eigenvalue weighted by Crippen LogP contribution is 2.29. The van der Waals surface area contributed by atoms with E-state index in [0.717, 1.165) is 34.0 Å². The standard InChI is InChI=1S/C19H23BrN2O3/c1-19(2,3)25-18(23)22-10-7-14(8-11-22)24-17-6-9-21-16-5-4-13(20)12-15(16)17/h4-6,9,12,14H,7-8,10-11H2,1-3H3. The van der Waals surface area contributed by atoms with E-state index in [4.69, 9.17) is 9.47 Å². The third-order valence-electron chi connectivity index (χ3n) is 4.05. The number of carbonyl (C=O) groups is 1. The minimum atomic E-state index is -0.465. The van der Waals surface area contributed by atoms with E-state index in [1.54, 1.807) is 11.1 Å². The van der Waals surface area contributed by atoms with Crippen molar-refractivity contribution in [3.63, 3.8) is 0 Å². The van der Waals surface area contributed by atoms with Gasteiger partial charge in [-0.1, -0.05) is 15.9 Å². The molecule has 1 aliphatic rings. The molecule has 1 fully saturated rings. The summed E-state index contributed by atoms with van der Waals surface area (Å²) in [5.41, 5.74) is 0.445. The van der Waals surface area contributed by atoms with Crippen molar-refractivity contribution in [3.8, 4) is 5.75 Å². The van der Waals surface area contributed by atoms with Crippen molar-refractivity contribution in [2.45, 2.75) is 45.3 Å². The van der Waals surface area contributed by atoms with Gasteiger partial charge in [0.05, 0.1) is 5.52 Å². The predicted octanol–water partition coefficient (Wildman–Crippen LogP) is 4.78. The summed E-state index contributed by atoms with van der Waals surface area (Å²) in [6, 6.07) is 7.86. The van der Waals surface area contributed by atoms with Crippen molar-refractivity contribution < 1.29 is 14.3 Å². The number of likely N-dealkylation sites (tertiary alicyclic amines) is 1. The summed E-state index contributed by atoms with van der Waals surface area (Å²) in [6.07, 6.45) is 3.18. The van der Waals surface area contributed by atoms with E-state index in [2.05, 4.69) is 20.9 Å². The summed E-state index contributed by atoms with van der Waals surface area (Å²) >= 11 is 3.50. The molecule has 1 aromatic carbocycles. The molecule has 5 nitrogen and oxygen atoms in total. The number of fused-ring (bicyclic) bond motifs is 1. The Bertz CT molecular complexity index is 765. The molecule has 25 heavy (non-hydrogen) atoms. The van der Waals surface area contributed by atoms with Crippen LogP contribution in [0.1, 0.15) is 33.6 Å². The van der Waals surface area contributed by atoms with Gasteiger partial charge in [0.2, 0.25) is 0 Å². The number of piperidine rings is 1. The lowest BCUT2D eigenvalue weighted by Gasteiger charge is -2.33. The van der Waals surface area contributed by atoms with E-state index >= 15 is 0 Å². The van der Waals surface area contributed by atoms with E-state index < -0.39 is 5.60 Å². The van der Waals surface area contributed by atoms with Gasteiger partial charge < -0.3 is 14.4 Å². The molecule has 0 spiro atoms. The molecule has 0 radical (unpaired) electrons. The van der Waals surface area contributed by atoms with Crippen LogP contribution < -0.4 is 4.74 Å². The molecule has 0 aliphatic carbocycles. The van der Waals surface area contributed by atoms with Gasteiger partial charge in [0.15, 0.2) is 0 Å². The highest BCUT2D eigenvalue weighted by molar-refractivity contribution is 9.10. The van der Waals surface area contributed by atoms with Crippen molar-refractivity contribution in [1.29, 1.82) is 0 Å². The van der Waals surface area contributed by atoms with Crippen molar-refractivity contribution in [2.24, 2.45) is 0 Å². The van der Waals surface area contributed by atoms with Gasteiger partial charge in [0, 0.05) is 42.0 Å². The van der Waals surface area contributed by atoms with Crippen LogP contribution in [-0.2, 0) is 4.74 Å². The van der Waals surface area contributed by atoms with Crippen molar-refractivity contribution >= 4 is 32.9 Å². The third kappa shape index (κ3) is 4.63. The number of aromatic nitrogens is 1. The molecule has 134 valence electrons. The van der Waals surface area contributed by atoms with Gasteiger partial charge in [-0.15, -0.1) is 0 Å². The molecule has 1 amide bonds. The number of hydrogen-bond acceptors (Lipinski definition) is 4. The van der Waals surface area contributed by atoms with E-state index in [9.17, 15) is 4.79 Å². The maximum atomic E-state index is 12.1. The molecule has 0 unspecified atom stereocenters. The number of rotatable bonds is 2. The summed E-state index contributed by atoms with van der Waals surface area (Å²) in [5, 5.41) is 0.992. The lowest BCUT2D eigenvalue weighted by atomic mass is 10.1. The maximum absolute atomic E-state index is 12.1. The maximum Gasteiger partial charge on any atom is 0.410 e. The number of halogens is 1. The second-order valence-corrected chi connectivity index (χ2v) is 8.17. The lowest BCUT2D eigenvalue weighted by Crippen LogP contribution is -2.44. The van der Waals surface area contributed by atoms with Crippen LogP contribution in [0.4, 0.5) is 4.79 Å². The summed E-state index contributed by atoms with van der Waals surface area (Å²) in [4.78, 5) is 18.3. The average molecular weight is 407 g/mol. The van der Waals surface area contributed by atoms with E-state index in [0.29, 0.717) is 13.1 Å². The first-order valence-corrected chi connectivity index (χ1v) is 9.30. The first-order chi connectivity index (χ1) is 11.8. The van der Waals surface area contributed by atoms with Crippen LogP contribution in [0, 0.1) is 0 Å². The van der Waals surface area contributed by atoms with Crippen molar-refractivity contribution in [2.75, 3.05) is 13.1 Å². The van der Waals surface area contributed by atoms with Gasteiger partial charge in [0.1, 0.15) is 17.5 Å². The van der Waals surface area contributed by atoms with Crippen LogP contribution in [0.15, 0.2) is 34.9 Å². The van der Waals surface area contributed by atoms with Gasteiger partial charge in [0.25, 0.3) is 0 Å². The highest BCUT2D eigenvalue weighted by Gasteiger charge is 2.27. The molecule has 1 aliphatic heterocycles. The van der Waals surface area contributed by atoms with Crippen LogP contribution in [0.3, 0.4) is 0 Å². The largest absolute Gasteiger partial charge is 0.490 e. The zero-order chi connectivity index (χ0) is 18.0. The minimum absolute atomic E-state index is 0.0864. The SMILES string of the molecule is CC(C)(C)OC(=O)N1CCC(Oc2ccnc3ccc(Br)cc23)CC1. The molecule has 6 heteroatoms. The van der Waals surface area contributed by atoms with Gasteiger partial charge in [-0.2, -0.15) is 0 Å². The van der Waals surface area contributed by atoms with Crippen LogP contribution in [0.5, 0.6) is 5.75 Å². The number of hydrogen-bond donors (Lipinski definition) is 0. The van der Waals surface area contributed by atoms with E-state index in [-0.39, 0.29) is 12.2 Å². The molecule has 2 aromatic rings. The number of pyridine rings is 1. The molecular weight excluding hydrogens is 384 g/mol. The monoisotopic (exact) mass is 406 g/mol. The number of ether oxygens (including phenoxy) is 2. The van der Waals surface area contributed by atoms with Crippen LogP contribution in [-0.4, -0.2) is 40.8 Å². The molecule has 0 atom stereocenters. The van der Waals surface area contributed by atoms with Gasteiger partial charge >= 0.3 is 6.09 Å². The Kier molecular flexibility index (Phi) is 5.18. The Hall–Kier alpha value is -1.82. The number of nitrogens with zero attached hydrogens (tertiary/aromatic N) is 2. The smallest absolute Gasteiger partial charge is 0.410 e. The highest BCUT2D eigenvalue weighted by atomic mass is 79.9. The Labute approximate surface area is 156 Å². The second kappa shape index (κ2) is 7.20. The van der Waals surface area contributed by atoms with E-state index in [1.165, 1.54) is 0 Å². The Morgan fingerprint density at radius 2 is 1.96 bits per heavy atom. The minimum Gasteiger partial charge on any atom is -0.490 e. The molecular formula is C19H23BrN2O3. The number of carbonyl (C=O) groups excluding carboxylic acids is 1. The Morgan fingerprint density at radius 3 is 2.64 bits per heavy atom. The normalized spacial score (nSPS) is 16.1. The molecule has 2 heterocycles. The zero-order valence-corrected chi connectivity index (χ0v) is 16.4. The molecule has 0 bridgehead atoms. The zero-order valence-electron chi connectivity index (χ0n) is 14.8. The first-order valence-electron chi connectivity index (χ1n) is 8.51. The van der Waals surface area contributed by atoms with Gasteiger partial charge in [-0.25, -0.2) is 4.79 Å². The fourth-order valence-electron chi connectivity index (χ4n) is 2.86. The summed E-state index contributed by atoms with van der Waals surface area (Å²) in [6.45, 7) is 6.94. The second-order valence-electron chi connectivity index (χ2n) is 7.26. The quantitative estimate of drug-likeness (QED) is 0.719. The lowest BCUT2D eigenvalue weighted by molar-refractivity contribution is 0.0128. The fraction of sp³-hybridized carbons (Fsp3) is 0.474.